The lowest BCUT2D eigenvalue weighted by atomic mass is 9.92. The van der Waals surface area contributed by atoms with E-state index in [0.717, 1.165) is 35.2 Å². The van der Waals surface area contributed by atoms with E-state index in [9.17, 15) is 13.2 Å². The van der Waals surface area contributed by atoms with Crippen LogP contribution in [0.3, 0.4) is 0 Å². The molecule has 2 rings (SSSR count). The van der Waals surface area contributed by atoms with E-state index in [1.807, 2.05) is 24.3 Å². The fourth-order valence-corrected chi connectivity index (χ4v) is 2.33. The number of hydrogen-bond acceptors (Lipinski definition) is 1. The Kier molecular flexibility index (Phi) is 4.91. The first-order chi connectivity index (χ1) is 10.3. The molecule has 0 saturated heterocycles. The van der Waals surface area contributed by atoms with Gasteiger partial charge in [0.1, 0.15) is 0 Å². The molecule has 0 aliphatic rings. The van der Waals surface area contributed by atoms with Crippen molar-refractivity contribution in [2.45, 2.75) is 32.5 Å². The van der Waals surface area contributed by atoms with Crippen LogP contribution in [0, 0.1) is 5.92 Å². The Bertz CT molecular complexity index is 600. The number of rotatable bonds is 4. The number of halogens is 3. The highest BCUT2D eigenvalue weighted by Crippen LogP contribution is 2.31. The molecule has 0 radical (unpaired) electrons. The lowest BCUT2D eigenvalue weighted by Gasteiger charge is -2.19. The molecule has 4 heteroatoms. The van der Waals surface area contributed by atoms with E-state index in [4.69, 9.17) is 5.73 Å². The molecule has 0 aromatic heterocycles. The molecule has 22 heavy (non-hydrogen) atoms. The number of benzene rings is 2. The van der Waals surface area contributed by atoms with Crippen molar-refractivity contribution in [3.8, 4) is 11.1 Å². The molecule has 0 bridgehead atoms. The first kappa shape index (κ1) is 16.6. The summed E-state index contributed by atoms with van der Waals surface area (Å²) in [6, 6.07) is 12.9. The van der Waals surface area contributed by atoms with Crippen LogP contribution >= 0.6 is 0 Å². The van der Waals surface area contributed by atoms with Crippen molar-refractivity contribution in [3.05, 3.63) is 59.7 Å². The van der Waals surface area contributed by atoms with Crippen molar-refractivity contribution < 1.29 is 13.2 Å². The third kappa shape index (κ3) is 3.69. The first-order valence-corrected chi connectivity index (χ1v) is 7.36. The van der Waals surface area contributed by atoms with E-state index < -0.39 is 11.7 Å². The molecule has 0 saturated carbocycles. The van der Waals surface area contributed by atoms with Crippen LogP contribution in [0.5, 0.6) is 0 Å². The van der Waals surface area contributed by atoms with Crippen molar-refractivity contribution in [2.24, 2.45) is 11.7 Å². The predicted molar refractivity (Wildman–Crippen MR) is 83.3 cm³/mol. The number of alkyl halides is 3. The van der Waals surface area contributed by atoms with Crippen molar-refractivity contribution in [1.82, 2.24) is 0 Å². The smallest absolute Gasteiger partial charge is 0.324 e. The Morgan fingerprint density at radius 1 is 0.909 bits per heavy atom. The van der Waals surface area contributed by atoms with Gasteiger partial charge in [-0.2, -0.15) is 13.2 Å². The first-order valence-electron chi connectivity index (χ1n) is 7.36. The van der Waals surface area contributed by atoms with Gasteiger partial charge >= 0.3 is 6.18 Å². The minimum absolute atomic E-state index is 0.0216. The fraction of sp³-hybridized carbons (Fsp3) is 0.333. The third-order valence-corrected chi connectivity index (χ3v) is 4.10. The summed E-state index contributed by atoms with van der Waals surface area (Å²) in [5.74, 6) is 0.386. The Hall–Kier alpha value is -1.81. The molecule has 0 aliphatic carbocycles. The quantitative estimate of drug-likeness (QED) is 0.802. The molecule has 0 fully saturated rings. The Balaban J connectivity index is 2.20. The van der Waals surface area contributed by atoms with Crippen LogP contribution < -0.4 is 5.73 Å². The Morgan fingerprint density at radius 3 is 1.77 bits per heavy atom. The van der Waals surface area contributed by atoms with Gasteiger partial charge in [0.25, 0.3) is 0 Å². The van der Waals surface area contributed by atoms with Crippen molar-refractivity contribution in [2.75, 3.05) is 0 Å². The van der Waals surface area contributed by atoms with Crippen LogP contribution in [-0.2, 0) is 6.18 Å². The summed E-state index contributed by atoms with van der Waals surface area (Å²) in [4.78, 5) is 0. The lowest BCUT2D eigenvalue weighted by Crippen LogP contribution is -2.18. The van der Waals surface area contributed by atoms with Crippen molar-refractivity contribution in [3.63, 3.8) is 0 Å². The van der Waals surface area contributed by atoms with Gasteiger partial charge in [-0.1, -0.05) is 56.7 Å². The molecule has 0 aliphatic heterocycles. The van der Waals surface area contributed by atoms with Gasteiger partial charge in [0.15, 0.2) is 0 Å². The van der Waals surface area contributed by atoms with Crippen LogP contribution in [-0.4, -0.2) is 0 Å². The zero-order chi connectivity index (χ0) is 16.3. The third-order valence-electron chi connectivity index (χ3n) is 4.10. The van der Waals surface area contributed by atoms with Gasteiger partial charge in [0.05, 0.1) is 5.56 Å². The summed E-state index contributed by atoms with van der Waals surface area (Å²) in [6.45, 7) is 4.20. The molecule has 2 atom stereocenters. The van der Waals surface area contributed by atoms with E-state index in [-0.39, 0.29) is 6.04 Å². The zero-order valence-electron chi connectivity index (χ0n) is 12.7. The van der Waals surface area contributed by atoms with Crippen LogP contribution in [0.15, 0.2) is 48.5 Å². The van der Waals surface area contributed by atoms with Gasteiger partial charge in [-0.3, -0.25) is 0 Å². The lowest BCUT2D eigenvalue weighted by molar-refractivity contribution is -0.137. The monoisotopic (exact) mass is 307 g/mol. The summed E-state index contributed by atoms with van der Waals surface area (Å²) >= 11 is 0. The molecule has 2 aromatic rings. The molecule has 0 amide bonds. The van der Waals surface area contributed by atoms with Gasteiger partial charge in [0, 0.05) is 6.04 Å². The number of nitrogens with two attached hydrogens (primary N) is 1. The minimum atomic E-state index is -4.30. The fourth-order valence-electron chi connectivity index (χ4n) is 2.33. The topological polar surface area (TPSA) is 26.0 Å². The van der Waals surface area contributed by atoms with E-state index in [1.165, 1.54) is 12.1 Å². The SMILES string of the molecule is CCC(C)[C@H](N)c1ccc(-c2ccc(C(F)(F)F)cc2)cc1. The molecule has 1 nitrogen and oxygen atoms in total. The second kappa shape index (κ2) is 6.53. The molecule has 0 heterocycles. The molecular weight excluding hydrogens is 287 g/mol. The number of hydrogen-bond donors (Lipinski definition) is 1. The maximum Gasteiger partial charge on any atom is 0.416 e. The standard InChI is InChI=1S/C18H20F3N/c1-3-12(2)17(22)15-6-4-13(5-7-15)14-8-10-16(11-9-14)18(19,20)21/h4-12,17H,3,22H2,1-2H3/t12?,17-/m0/s1. The van der Waals surface area contributed by atoms with Crippen LogP contribution in [0.2, 0.25) is 0 Å². The second-order valence-corrected chi connectivity index (χ2v) is 5.61. The van der Waals surface area contributed by atoms with Crippen molar-refractivity contribution in [1.29, 1.82) is 0 Å². The van der Waals surface area contributed by atoms with Crippen molar-refractivity contribution >= 4 is 0 Å². The van der Waals surface area contributed by atoms with E-state index >= 15 is 0 Å². The molecular formula is C18H20F3N. The minimum Gasteiger partial charge on any atom is -0.324 e. The van der Waals surface area contributed by atoms with Crippen LogP contribution in [0.4, 0.5) is 13.2 Å². The summed E-state index contributed by atoms with van der Waals surface area (Å²) in [5.41, 5.74) is 8.24. The van der Waals surface area contributed by atoms with Gasteiger partial charge in [-0.05, 0) is 34.7 Å². The zero-order valence-corrected chi connectivity index (χ0v) is 12.7. The largest absolute Gasteiger partial charge is 0.416 e. The van der Waals surface area contributed by atoms with Gasteiger partial charge in [-0.25, -0.2) is 0 Å². The van der Waals surface area contributed by atoms with E-state index in [0.29, 0.717) is 5.92 Å². The van der Waals surface area contributed by atoms with Crippen LogP contribution in [0.1, 0.15) is 37.4 Å². The molecule has 0 spiro atoms. The molecule has 118 valence electrons. The average Bonchev–Trinajstić information content (AvgIpc) is 2.53. The summed E-state index contributed by atoms with van der Waals surface area (Å²) in [7, 11) is 0. The Labute approximate surface area is 129 Å². The summed E-state index contributed by atoms with van der Waals surface area (Å²) in [5, 5.41) is 0. The van der Waals surface area contributed by atoms with Crippen LogP contribution in [0.25, 0.3) is 11.1 Å². The van der Waals surface area contributed by atoms with E-state index in [1.54, 1.807) is 0 Å². The highest BCUT2D eigenvalue weighted by molar-refractivity contribution is 5.64. The van der Waals surface area contributed by atoms with Gasteiger partial charge in [0.2, 0.25) is 0 Å². The van der Waals surface area contributed by atoms with Gasteiger partial charge in [-0.15, -0.1) is 0 Å². The molecule has 1 unspecified atom stereocenters. The predicted octanol–water partition coefficient (Wildman–Crippen LogP) is 5.42. The van der Waals surface area contributed by atoms with Gasteiger partial charge < -0.3 is 5.73 Å². The maximum atomic E-state index is 12.6. The second-order valence-electron chi connectivity index (χ2n) is 5.61. The Morgan fingerprint density at radius 2 is 1.36 bits per heavy atom. The average molecular weight is 307 g/mol. The highest BCUT2D eigenvalue weighted by atomic mass is 19.4. The molecule has 2 N–H and O–H groups in total. The maximum absolute atomic E-state index is 12.6. The normalized spacial score (nSPS) is 14.6. The summed E-state index contributed by atoms with van der Waals surface area (Å²) in [6.07, 6.45) is -3.30. The highest BCUT2D eigenvalue weighted by Gasteiger charge is 2.29. The van der Waals surface area contributed by atoms with E-state index in [2.05, 4.69) is 13.8 Å². The molecule has 2 aromatic carbocycles. The summed E-state index contributed by atoms with van der Waals surface area (Å²) < 4.78 is 37.7.